The van der Waals surface area contributed by atoms with Crippen molar-refractivity contribution in [3.8, 4) is 0 Å². The SMILES string of the molecule is CCCCCCCCOC(=O)CCCCCCCN(O)CCCCCCCC. The van der Waals surface area contributed by atoms with Gasteiger partial charge in [0.2, 0.25) is 0 Å². The highest BCUT2D eigenvalue weighted by Gasteiger charge is 2.03. The molecule has 0 radical (unpaired) electrons. The zero-order valence-corrected chi connectivity index (χ0v) is 19.1. The molecular formula is C24H49NO3. The summed E-state index contributed by atoms with van der Waals surface area (Å²) in [6, 6.07) is 0. The van der Waals surface area contributed by atoms with E-state index in [1.807, 2.05) is 0 Å². The number of carbonyl (C=O) groups excluding carboxylic acids is 1. The third kappa shape index (κ3) is 21.7. The number of nitrogens with zero attached hydrogens (tertiary/aromatic N) is 1. The normalized spacial score (nSPS) is 11.3. The average Bonchev–Trinajstić information content (AvgIpc) is 2.69. The van der Waals surface area contributed by atoms with Gasteiger partial charge in [-0.3, -0.25) is 4.79 Å². The van der Waals surface area contributed by atoms with Crippen molar-refractivity contribution in [2.75, 3.05) is 19.7 Å². The van der Waals surface area contributed by atoms with Crippen LogP contribution in [0.25, 0.3) is 0 Å². The second-order valence-electron chi connectivity index (χ2n) is 8.23. The van der Waals surface area contributed by atoms with Gasteiger partial charge >= 0.3 is 5.97 Å². The van der Waals surface area contributed by atoms with E-state index in [4.69, 9.17) is 4.74 Å². The molecule has 28 heavy (non-hydrogen) atoms. The van der Waals surface area contributed by atoms with Crippen LogP contribution in [0.2, 0.25) is 0 Å². The smallest absolute Gasteiger partial charge is 0.305 e. The Morgan fingerprint density at radius 3 is 1.61 bits per heavy atom. The highest BCUT2D eigenvalue weighted by molar-refractivity contribution is 5.69. The van der Waals surface area contributed by atoms with Gasteiger partial charge in [0.1, 0.15) is 0 Å². The maximum atomic E-state index is 11.7. The summed E-state index contributed by atoms with van der Waals surface area (Å²) in [6.45, 7) is 6.63. The molecule has 4 nitrogen and oxygen atoms in total. The summed E-state index contributed by atoms with van der Waals surface area (Å²) in [6.07, 6.45) is 20.8. The summed E-state index contributed by atoms with van der Waals surface area (Å²) in [5.74, 6) is -0.0333. The Balaban J connectivity index is 3.25. The van der Waals surface area contributed by atoms with Crippen molar-refractivity contribution in [1.29, 1.82) is 0 Å². The van der Waals surface area contributed by atoms with Crippen LogP contribution in [0.1, 0.15) is 129 Å². The molecule has 4 heteroatoms. The molecule has 0 fully saturated rings. The van der Waals surface area contributed by atoms with Gasteiger partial charge in [-0.2, -0.15) is 5.06 Å². The summed E-state index contributed by atoms with van der Waals surface area (Å²) in [5.41, 5.74) is 0. The molecule has 0 aromatic heterocycles. The fourth-order valence-corrected chi connectivity index (χ4v) is 3.42. The maximum absolute atomic E-state index is 11.7. The quantitative estimate of drug-likeness (QED) is 0.118. The lowest BCUT2D eigenvalue weighted by Gasteiger charge is -2.14. The van der Waals surface area contributed by atoms with E-state index in [0.29, 0.717) is 13.0 Å². The molecule has 0 aliphatic heterocycles. The van der Waals surface area contributed by atoms with Crippen LogP contribution in [0.15, 0.2) is 0 Å². The second-order valence-corrected chi connectivity index (χ2v) is 8.23. The number of esters is 1. The molecule has 0 aliphatic carbocycles. The Morgan fingerprint density at radius 1 is 0.643 bits per heavy atom. The minimum Gasteiger partial charge on any atom is -0.466 e. The number of hydrogen-bond acceptors (Lipinski definition) is 4. The molecule has 168 valence electrons. The molecule has 0 heterocycles. The fourth-order valence-electron chi connectivity index (χ4n) is 3.42. The standard InChI is InChI=1S/C24H49NO3/c1-3-5-7-9-13-17-21-25(27)22-18-14-11-12-16-20-24(26)28-23-19-15-10-8-6-4-2/h27H,3-23H2,1-2H3. The first-order chi connectivity index (χ1) is 13.7. The first kappa shape index (κ1) is 27.4. The summed E-state index contributed by atoms with van der Waals surface area (Å²) in [4.78, 5) is 11.7. The van der Waals surface area contributed by atoms with E-state index < -0.39 is 0 Å². The molecular weight excluding hydrogens is 350 g/mol. The van der Waals surface area contributed by atoms with Crippen LogP contribution in [-0.4, -0.2) is 35.9 Å². The first-order valence-electron chi connectivity index (χ1n) is 12.3. The average molecular weight is 400 g/mol. The minimum atomic E-state index is -0.0333. The van der Waals surface area contributed by atoms with Gasteiger partial charge in [0.25, 0.3) is 0 Å². The molecule has 0 atom stereocenters. The van der Waals surface area contributed by atoms with Gasteiger partial charge < -0.3 is 9.94 Å². The van der Waals surface area contributed by atoms with E-state index >= 15 is 0 Å². The number of unbranched alkanes of at least 4 members (excludes halogenated alkanes) is 14. The Kier molecular flexibility index (Phi) is 22.2. The van der Waals surface area contributed by atoms with Crippen molar-refractivity contribution in [2.45, 2.75) is 129 Å². The van der Waals surface area contributed by atoms with E-state index in [-0.39, 0.29) is 5.97 Å². The van der Waals surface area contributed by atoms with Crippen molar-refractivity contribution < 1.29 is 14.7 Å². The number of hydrogen-bond donors (Lipinski definition) is 1. The molecule has 0 rings (SSSR count). The van der Waals surface area contributed by atoms with E-state index in [0.717, 1.165) is 58.0 Å². The zero-order valence-electron chi connectivity index (χ0n) is 19.1. The van der Waals surface area contributed by atoms with Gasteiger partial charge in [-0.1, -0.05) is 97.3 Å². The molecule has 0 bridgehead atoms. The molecule has 0 saturated carbocycles. The van der Waals surface area contributed by atoms with Gasteiger partial charge in [-0.25, -0.2) is 0 Å². The van der Waals surface area contributed by atoms with Gasteiger partial charge in [-0.15, -0.1) is 0 Å². The Bertz CT molecular complexity index is 323. The number of hydroxylamine groups is 2. The highest BCUT2D eigenvalue weighted by Crippen LogP contribution is 2.09. The first-order valence-corrected chi connectivity index (χ1v) is 12.3. The molecule has 0 aromatic rings. The molecule has 0 unspecified atom stereocenters. The monoisotopic (exact) mass is 399 g/mol. The lowest BCUT2D eigenvalue weighted by atomic mass is 10.1. The van der Waals surface area contributed by atoms with Crippen molar-refractivity contribution in [2.24, 2.45) is 0 Å². The highest BCUT2D eigenvalue weighted by atomic mass is 16.5. The summed E-state index contributed by atoms with van der Waals surface area (Å²) in [5, 5.41) is 11.3. The lowest BCUT2D eigenvalue weighted by Crippen LogP contribution is -2.21. The zero-order chi connectivity index (χ0) is 20.7. The van der Waals surface area contributed by atoms with Gasteiger partial charge in [0.05, 0.1) is 6.61 Å². The van der Waals surface area contributed by atoms with E-state index in [1.54, 1.807) is 0 Å². The third-order valence-electron chi connectivity index (χ3n) is 5.33. The van der Waals surface area contributed by atoms with Crippen LogP contribution < -0.4 is 0 Å². The fraction of sp³-hybridized carbons (Fsp3) is 0.958. The predicted octanol–water partition coefficient (Wildman–Crippen LogP) is 7.28. The predicted molar refractivity (Wildman–Crippen MR) is 119 cm³/mol. The molecule has 0 amide bonds. The van der Waals surface area contributed by atoms with Crippen molar-refractivity contribution in [1.82, 2.24) is 5.06 Å². The summed E-state index contributed by atoms with van der Waals surface area (Å²) >= 11 is 0. The van der Waals surface area contributed by atoms with Crippen LogP contribution in [-0.2, 0) is 9.53 Å². The number of rotatable bonds is 22. The van der Waals surface area contributed by atoms with Gasteiger partial charge in [0.15, 0.2) is 0 Å². The molecule has 0 aliphatic rings. The Morgan fingerprint density at radius 2 is 1.07 bits per heavy atom. The Labute approximate surface area is 175 Å². The third-order valence-corrected chi connectivity index (χ3v) is 5.33. The lowest BCUT2D eigenvalue weighted by molar-refractivity contribution is -0.143. The minimum absolute atomic E-state index is 0.0333. The maximum Gasteiger partial charge on any atom is 0.305 e. The summed E-state index contributed by atoms with van der Waals surface area (Å²) in [7, 11) is 0. The Hall–Kier alpha value is -0.610. The van der Waals surface area contributed by atoms with E-state index in [9.17, 15) is 10.0 Å². The molecule has 0 aromatic carbocycles. The topological polar surface area (TPSA) is 49.8 Å². The van der Waals surface area contributed by atoms with Crippen molar-refractivity contribution in [3.05, 3.63) is 0 Å². The van der Waals surface area contributed by atoms with Crippen LogP contribution in [0, 0.1) is 0 Å². The number of ether oxygens (including phenoxy) is 1. The van der Waals surface area contributed by atoms with Crippen LogP contribution in [0.5, 0.6) is 0 Å². The van der Waals surface area contributed by atoms with Crippen molar-refractivity contribution in [3.63, 3.8) is 0 Å². The van der Waals surface area contributed by atoms with Crippen molar-refractivity contribution >= 4 is 5.97 Å². The largest absolute Gasteiger partial charge is 0.466 e. The van der Waals surface area contributed by atoms with E-state index in [1.165, 1.54) is 69.3 Å². The molecule has 0 spiro atoms. The van der Waals surface area contributed by atoms with E-state index in [2.05, 4.69) is 13.8 Å². The van der Waals surface area contributed by atoms with Gasteiger partial charge in [-0.05, 0) is 25.7 Å². The van der Waals surface area contributed by atoms with Gasteiger partial charge in [0, 0.05) is 19.5 Å². The summed E-state index contributed by atoms with van der Waals surface area (Å²) < 4.78 is 5.30. The number of carbonyl (C=O) groups is 1. The molecule has 0 saturated heterocycles. The van der Waals surface area contributed by atoms with Crippen LogP contribution >= 0.6 is 0 Å². The van der Waals surface area contributed by atoms with Crippen LogP contribution in [0.4, 0.5) is 0 Å². The van der Waals surface area contributed by atoms with Crippen LogP contribution in [0.3, 0.4) is 0 Å². The molecule has 1 N–H and O–H groups in total. The second kappa shape index (κ2) is 22.7.